The Bertz CT molecular complexity index is 1620. The highest BCUT2D eigenvalue weighted by molar-refractivity contribution is 8.14. The molecule has 13 heteroatoms. The molecule has 2 amide bonds. The van der Waals surface area contributed by atoms with Gasteiger partial charge < -0.3 is 15.2 Å². The molecular weight excluding hydrogens is 593 g/mol. The van der Waals surface area contributed by atoms with Crippen LogP contribution in [0.4, 0.5) is 23.7 Å². The number of carbonyl (C=O) groups excluding carboxylic acids is 1. The minimum Gasteiger partial charge on any atom is -0.406 e. The Morgan fingerprint density at radius 2 is 1.80 bits per heavy atom. The second kappa shape index (κ2) is 13.1. The Morgan fingerprint density at radius 3 is 2.43 bits per heavy atom. The van der Waals surface area contributed by atoms with E-state index in [9.17, 15) is 23.1 Å². The van der Waals surface area contributed by atoms with Crippen LogP contribution in [0.15, 0.2) is 78.0 Å². The zero-order chi connectivity index (χ0) is 31.4. The van der Waals surface area contributed by atoms with Gasteiger partial charge in [-0.3, -0.25) is 4.90 Å². The van der Waals surface area contributed by atoms with Gasteiger partial charge in [0.05, 0.1) is 11.4 Å². The number of urea groups is 1. The summed E-state index contributed by atoms with van der Waals surface area (Å²) in [5, 5.41) is 18.5. The number of aliphatic hydroxyl groups excluding tert-OH is 1. The maximum atomic E-state index is 12.8. The third-order valence-corrected chi connectivity index (χ3v) is 8.21. The van der Waals surface area contributed by atoms with E-state index in [1.54, 1.807) is 4.90 Å². The average molecular weight is 625 g/mol. The summed E-state index contributed by atoms with van der Waals surface area (Å²) in [5.74, 6) is 0.587. The molecular formula is C31H31F3N6O3S. The molecule has 2 atom stereocenters. The molecule has 0 spiro atoms. The maximum Gasteiger partial charge on any atom is 0.573 e. The molecule has 0 aliphatic carbocycles. The number of alkyl halides is 3. The number of rotatable bonds is 8. The summed E-state index contributed by atoms with van der Waals surface area (Å²) in [6.45, 7) is 6.35. The van der Waals surface area contributed by atoms with Gasteiger partial charge in [-0.15, -0.1) is 18.3 Å². The van der Waals surface area contributed by atoms with Crippen molar-refractivity contribution in [1.29, 1.82) is 0 Å². The highest BCUT2D eigenvalue weighted by atomic mass is 32.2. The van der Waals surface area contributed by atoms with Gasteiger partial charge in [0.15, 0.2) is 11.0 Å². The number of carbonyl (C=O) groups is 1. The normalized spacial score (nSPS) is 16.8. The van der Waals surface area contributed by atoms with E-state index in [1.165, 1.54) is 47.0 Å². The number of aliphatic imine (C=N–C) groups is 1. The number of ether oxygens (including phenoxy) is 1. The van der Waals surface area contributed by atoms with Crippen LogP contribution in [-0.4, -0.2) is 56.0 Å². The van der Waals surface area contributed by atoms with E-state index in [1.807, 2.05) is 63.2 Å². The minimum atomic E-state index is -4.76. The zero-order valence-electron chi connectivity index (χ0n) is 24.2. The second-order valence-corrected chi connectivity index (χ2v) is 11.3. The molecule has 0 radical (unpaired) electrons. The standard InChI is InChI=1S/C31H31F3N6O3S/c1-4-21(16-35-29(42)37-30-40(26(41)17-44-30)27-19(2)6-5-7-20(27)3)22-8-10-23(11-9-22)28-36-18-39(38-28)24-12-14-25(15-13-24)43-31(32,33)34/h5-15,18,21,26,41H,4,16-17H2,1-3H3,(H,35,42)/b37-30-. The van der Waals surface area contributed by atoms with Gasteiger partial charge in [0.25, 0.3) is 0 Å². The predicted molar refractivity (Wildman–Crippen MR) is 164 cm³/mol. The highest BCUT2D eigenvalue weighted by Crippen LogP contribution is 2.34. The second-order valence-electron chi connectivity index (χ2n) is 10.3. The number of nitrogens with zero attached hydrogens (tertiary/aromatic N) is 5. The number of halogens is 3. The Labute approximate surface area is 256 Å². The quantitative estimate of drug-likeness (QED) is 0.228. The van der Waals surface area contributed by atoms with Crippen LogP contribution in [0.25, 0.3) is 17.1 Å². The summed E-state index contributed by atoms with van der Waals surface area (Å²) in [7, 11) is 0. The van der Waals surface area contributed by atoms with Crippen LogP contribution < -0.4 is 15.0 Å². The molecule has 1 aromatic heterocycles. The lowest BCUT2D eigenvalue weighted by Crippen LogP contribution is -2.36. The van der Waals surface area contributed by atoms with Crippen molar-refractivity contribution in [2.24, 2.45) is 4.99 Å². The SMILES string of the molecule is CCC(CNC(=O)/N=C1\SCC(O)N1c1c(C)cccc1C)c1ccc(-c2ncn(-c3ccc(OC(F)(F)F)cc3)n2)cc1. The fourth-order valence-electron chi connectivity index (χ4n) is 5.00. The van der Waals surface area contributed by atoms with E-state index in [0.29, 0.717) is 29.0 Å². The lowest BCUT2D eigenvalue weighted by Gasteiger charge is -2.25. The monoisotopic (exact) mass is 624 g/mol. The Hall–Kier alpha value is -4.36. The number of hydrogen-bond donors (Lipinski definition) is 2. The number of aromatic nitrogens is 3. The molecule has 1 aliphatic heterocycles. The van der Waals surface area contributed by atoms with Crippen molar-refractivity contribution in [3.8, 4) is 22.8 Å². The smallest absolute Gasteiger partial charge is 0.406 e. The first-order chi connectivity index (χ1) is 21.0. The number of thioether (sulfide) groups is 1. The van der Waals surface area contributed by atoms with Crippen molar-refractivity contribution in [2.75, 3.05) is 17.2 Å². The van der Waals surface area contributed by atoms with Gasteiger partial charge in [-0.1, -0.05) is 61.2 Å². The Morgan fingerprint density at radius 1 is 1.11 bits per heavy atom. The van der Waals surface area contributed by atoms with E-state index >= 15 is 0 Å². The number of nitrogens with one attached hydrogen (secondary N) is 1. The Balaban J connectivity index is 1.22. The van der Waals surface area contributed by atoms with Crippen molar-refractivity contribution in [3.63, 3.8) is 0 Å². The van der Waals surface area contributed by atoms with Crippen molar-refractivity contribution in [3.05, 3.63) is 89.7 Å². The summed E-state index contributed by atoms with van der Waals surface area (Å²) in [6.07, 6.45) is -3.27. The third-order valence-electron chi connectivity index (χ3n) is 7.20. The van der Waals surface area contributed by atoms with E-state index in [0.717, 1.165) is 34.4 Å². The highest BCUT2D eigenvalue weighted by Gasteiger charge is 2.33. The minimum absolute atomic E-state index is 0.0349. The number of amides is 2. The number of benzene rings is 3. The molecule has 4 aromatic rings. The van der Waals surface area contributed by atoms with Crippen molar-refractivity contribution in [2.45, 2.75) is 45.7 Å². The summed E-state index contributed by atoms with van der Waals surface area (Å²) in [4.78, 5) is 23.2. The van der Waals surface area contributed by atoms with Gasteiger partial charge in [0, 0.05) is 23.8 Å². The molecule has 44 heavy (non-hydrogen) atoms. The van der Waals surface area contributed by atoms with E-state index in [2.05, 4.69) is 25.1 Å². The van der Waals surface area contributed by atoms with Crippen LogP contribution in [-0.2, 0) is 0 Å². The fourth-order valence-corrected chi connectivity index (χ4v) is 5.94. The fraction of sp³-hybridized carbons (Fsp3) is 0.290. The first-order valence-electron chi connectivity index (χ1n) is 13.9. The topological polar surface area (TPSA) is 105 Å². The summed E-state index contributed by atoms with van der Waals surface area (Å²) >= 11 is 1.34. The molecule has 9 nitrogen and oxygen atoms in total. The lowest BCUT2D eigenvalue weighted by molar-refractivity contribution is -0.274. The summed E-state index contributed by atoms with van der Waals surface area (Å²) in [6, 6.07) is 18.5. The molecule has 230 valence electrons. The number of anilines is 1. The number of hydrogen-bond acceptors (Lipinski definition) is 6. The molecule has 5 rings (SSSR count). The van der Waals surface area contributed by atoms with E-state index in [4.69, 9.17) is 0 Å². The number of aliphatic hydroxyl groups is 1. The zero-order valence-corrected chi connectivity index (χ0v) is 25.1. The number of para-hydroxylation sites is 1. The Kier molecular flexibility index (Phi) is 9.25. The van der Waals surface area contributed by atoms with Crippen molar-refractivity contribution in [1.82, 2.24) is 20.1 Å². The molecule has 1 saturated heterocycles. The molecule has 2 N–H and O–H groups in total. The van der Waals surface area contributed by atoms with Crippen LogP contribution in [0.1, 0.15) is 36.0 Å². The third kappa shape index (κ3) is 7.22. The molecule has 0 bridgehead atoms. The molecule has 2 heterocycles. The summed E-state index contributed by atoms with van der Waals surface area (Å²) < 4.78 is 42.7. The van der Waals surface area contributed by atoms with Crippen LogP contribution in [0.3, 0.4) is 0 Å². The van der Waals surface area contributed by atoms with Gasteiger partial charge in [0.2, 0.25) is 0 Å². The van der Waals surface area contributed by atoms with Crippen molar-refractivity contribution >= 4 is 28.6 Å². The number of aryl methyl sites for hydroxylation is 2. The molecule has 2 unspecified atom stereocenters. The molecule has 0 saturated carbocycles. The van der Waals surface area contributed by atoms with Crippen LogP contribution >= 0.6 is 11.8 Å². The van der Waals surface area contributed by atoms with Crippen LogP contribution in [0, 0.1) is 13.8 Å². The molecule has 1 aliphatic rings. The van der Waals surface area contributed by atoms with E-state index < -0.39 is 18.6 Å². The van der Waals surface area contributed by atoms with Crippen LogP contribution in [0.2, 0.25) is 0 Å². The molecule has 3 aromatic carbocycles. The first kappa shape index (κ1) is 31.1. The van der Waals surface area contributed by atoms with Gasteiger partial charge >= 0.3 is 12.4 Å². The average Bonchev–Trinajstić information content (AvgIpc) is 3.61. The summed E-state index contributed by atoms with van der Waals surface area (Å²) in [5.41, 5.74) is 5.15. The lowest BCUT2D eigenvalue weighted by atomic mass is 9.95. The van der Waals surface area contributed by atoms with E-state index in [-0.39, 0.29) is 11.7 Å². The first-order valence-corrected chi connectivity index (χ1v) is 14.9. The van der Waals surface area contributed by atoms with Crippen molar-refractivity contribution < 1.29 is 27.8 Å². The largest absolute Gasteiger partial charge is 0.573 e. The number of amidine groups is 1. The van der Waals surface area contributed by atoms with Gasteiger partial charge in [0.1, 0.15) is 18.3 Å². The van der Waals surface area contributed by atoms with Gasteiger partial charge in [-0.2, -0.15) is 4.99 Å². The maximum absolute atomic E-state index is 12.8. The van der Waals surface area contributed by atoms with Gasteiger partial charge in [-0.05, 0) is 61.2 Å². The van der Waals surface area contributed by atoms with Crippen LogP contribution in [0.5, 0.6) is 5.75 Å². The molecule has 1 fully saturated rings. The van der Waals surface area contributed by atoms with Gasteiger partial charge in [-0.25, -0.2) is 14.5 Å². The predicted octanol–water partition coefficient (Wildman–Crippen LogP) is 6.58.